The number of piperazine rings is 1. The van der Waals surface area contributed by atoms with E-state index < -0.39 is 0 Å². The third kappa shape index (κ3) is 4.74. The fourth-order valence-electron chi connectivity index (χ4n) is 2.22. The predicted octanol–water partition coefficient (Wildman–Crippen LogP) is 0.283. The summed E-state index contributed by atoms with van der Waals surface area (Å²) < 4.78 is 0. The Morgan fingerprint density at radius 2 is 2.17 bits per heavy atom. The molecule has 104 valence electrons. The second-order valence-electron chi connectivity index (χ2n) is 4.98. The fourth-order valence-corrected chi connectivity index (χ4v) is 6.56. The van der Waals surface area contributed by atoms with Gasteiger partial charge in [0.15, 0.2) is 0 Å². The van der Waals surface area contributed by atoms with Gasteiger partial charge in [-0.3, -0.25) is 0 Å². The van der Waals surface area contributed by atoms with Gasteiger partial charge >= 0.3 is 120 Å². The van der Waals surface area contributed by atoms with Crippen LogP contribution in [0.4, 0.5) is 0 Å². The minimum atomic E-state index is 0.325. The third-order valence-electron chi connectivity index (χ3n) is 3.53. The summed E-state index contributed by atoms with van der Waals surface area (Å²) in [7, 11) is 4.22. The Morgan fingerprint density at radius 3 is 2.83 bits per heavy atom. The molecule has 2 aliphatic heterocycles. The summed E-state index contributed by atoms with van der Waals surface area (Å²) in [6.45, 7) is 4.69. The van der Waals surface area contributed by atoms with Gasteiger partial charge in [-0.05, 0) is 0 Å². The van der Waals surface area contributed by atoms with E-state index in [1.807, 2.05) is 4.90 Å². The van der Waals surface area contributed by atoms with Crippen molar-refractivity contribution in [3.05, 3.63) is 0 Å². The normalized spacial score (nSPS) is 26.3. The van der Waals surface area contributed by atoms with Crippen LogP contribution < -0.4 is 5.32 Å². The Kier molecular flexibility index (Phi) is 6.32. The van der Waals surface area contributed by atoms with Crippen LogP contribution in [0.1, 0.15) is 12.8 Å². The summed E-state index contributed by atoms with van der Waals surface area (Å²) in [5, 5.41) is 4.86. The van der Waals surface area contributed by atoms with Gasteiger partial charge in [0, 0.05) is 0 Å². The average molecular weight is 336 g/mol. The summed E-state index contributed by atoms with van der Waals surface area (Å²) >= 11 is 0.761. The van der Waals surface area contributed by atoms with Crippen LogP contribution in [0.15, 0.2) is 0 Å². The summed E-state index contributed by atoms with van der Waals surface area (Å²) in [5.74, 6) is 1.62. The molecule has 1 N–H and O–H groups in total. The number of hydrogen-bond acceptors (Lipinski definition) is 4. The molecule has 0 spiro atoms. The molecule has 18 heavy (non-hydrogen) atoms. The molecular formula is C12H23N3OSSe. The SMILES string of the molecule is CN1CCN(C(=O)CCN[C@H]2CCS[Se]C2)CC1. The van der Waals surface area contributed by atoms with E-state index in [0.717, 1.165) is 46.6 Å². The fraction of sp³-hybridized carbons (Fsp3) is 0.917. The van der Waals surface area contributed by atoms with E-state index >= 15 is 0 Å². The molecule has 1 atom stereocenters. The van der Waals surface area contributed by atoms with Crippen molar-refractivity contribution < 1.29 is 4.79 Å². The van der Waals surface area contributed by atoms with Crippen molar-refractivity contribution in [3.63, 3.8) is 0 Å². The number of hydrogen-bond donors (Lipinski definition) is 1. The second kappa shape index (κ2) is 7.75. The van der Waals surface area contributed by atoms with Gasteiger partial charge in [0.05, 0.1) is 0 Å². The van der Waals surface area contributed by atoms with Crippen LogP contribution in [0.25, 0.3) is 0 Å². The van der Waals surface area contributed by atoms with Crippen molar-refractivity contribution in [2.45, 2.75) is 24.2 Å². The monoisotopic (exact) mass is 337 g/mol. The van der Waals surface area contributed by atoms with E-state index in [0.29, 0.717) is 18.4 Å². The first-order chi connectivity index (χ1) is 8.75. The summed E-state index contributed by atoms with van der Waals surface area (Å²) in [4.78, 5) is 16.3. The standard InChI is InChI=1S/C12H23N3OSSe/c1-14-5-7-15(8-6-14)12(16)2-4-13-11-3-9-17-18-10-11/h11,13H,2-10H2,1H3/t11-/m0/s1. The third-order valence-corrected chi connectivity index (χ3v) is 8.03. The molecule has 2 saturated heterocycles. The van der Waals surface area contributed by atoms with Crippen molar-refractivity contribution in [1.82, 2.24) is 15.1 Å². The Bertz CT molecular complexity index is 266. The summed E-state index contributed by atoms with van der Waals surface area (Å²) in [5.41, 5.74) is 0. The number of amides is 1. The molecule has 4 nitrogen and oxygen atoms in total. The molecule has 2 aliphatic rings. The maximum atomic E-state index is 12.0. The molecule has 2 rings (SSSR count). The summed E-state index contributed by atoms with van der Waals surface area (Å²) in [6.07, 6.45) is 1.94. The van der Waals surface area contributed by atoms with Crippen LogP contribution in [-0.4, -0.2) is 81.1 Å². The van der Waals surface area contributed by atoms with Gasteiger partial charge in [0.25, 0.3) is 0 Å². The van der Waals surface area contributed by atoms with Crippen molar-refractivity contribution in [3.8, 4) is 0 Å². The number of rotatable bonds is 4. The van der Waals surface area contributed by atoms with E-state index in [-0.39, 0.29) is 0 Å². The van der Waals surface area contributed by atoms with E-state index in [2.05, 4.69) is 27.4 Å². The van der Waals surface area contributed by atoms with Gasteiger partial charge < -0.3 is 0 Å². The Labute approximate surface area is 119 Å². The van der Waals surface area contributed by atoms with E-state index in [1.165, 1.54) is 17.5 Å². The van der Waals surface area contributed by atoms with E-state index in [1.54, 1.807) is 0 Å². The Morgan fingerprint density at radius 1 is 1.39 bits per heavy atom. The molecule has 0 bridgehead atoms. The zero-order valence-corrected chi connectivity index (χ0v) is 13.6. The molecule has 0 unspecified atom stereocenters. The number of carbonyl (C=O) groups is 1. The van der Waals surface area contributed by atoms with Crippen LogP contribution in [0.3, 0.4) is 0 Å². The first-order valence-corrected chi connectivity index (χ1v) is 10.9. The molecule has 0 aromatic heterocycles. The molecule has 2 heterocycles. The van der Waals surface area contributed by atoms with Gasteiger partial charge in [0.2, 0.25) is 0 Å². The van der Waals surface area contributed by atoms with Crippen LogP contribution in [0.2, 0.25) is 5.32 Å². The number of nitrogens with one attached hydrogen (secondary N) is 1. The predicted molar refractivity (Wildman–Crippen MR) is 78.1 cm³/mol. The first-order valence-electron chi connectivity index (χ1n) is 6.70. The summed E-state index contributed by atoms with van der Waals surface area (Å²) in [6, 6.07) is 0.673. The van der Waals surface area contributed by atoms with Crippen molar-refractivity contribution in [2.75, 3.05) is 45.5 Å². The van der Waals surface area contributed by atoms with E-state index in [9.17, 15) is 4.79 Å². The average Bonchev–Trinajstić information content (AvgIpc) is 2.40. The molecule has 0 radical (unpaired) electrons. The van der Waals surface area contributed by atoms with Crippen LogP contribution >= 0.6 is 10.2 Å². The molecule has 6 heteroatoms. The van der Waals surface area contributed by atoms with Crippen LogP contribution in [0, 0.1) is 0 Å². The Hall–Kier alpha value is 0.259. The zero-order valence-electron chi connectivity index (χ0n) is 11.1. The zero-order chi connectivity index (χ0) is 12.8. The quantitative estimate of drug-likeness (QED) is 0.749. The molecule has 0 aromatic carbocycles. The maximum absolute atomic E-state index is 12.0. The number of carbonyl (C=O) groups excluding carboxylic acids is 1. The van der Waals surface area contributed by atoms with E-state index in [4.69, 9.17) is 0 Å². The molecule has 0 aliphatic carbocycles. The van der Waals surface area contributed by atoms with Gasteiger partial charge in [0.1, 0.15) is 0 Å². The second-order valence-corrected chi connectivity index (χ2v) is 9.53. The van der Waals surface area contributed by atoms with Crippen LogP contribution in [0.5, 0.6) is 0 Å². The minimum absolute atomic E-state index is 0.325. The van der Waals surface area contributed by atoms with Gasteiger partial charge in [-0.15, -0.1) is 0 Å². The molecule has 2 fully saturated rings. The van der Waals surface area contributed by atoms with Crippen molar-refractivity contribution >= 4 is 29.9 Å². The number of likely N-dealkylation sites (N-methyl/N-ethyl adjacent to an activating group) is 1. The molecule has 0 saturated carbocycles. The molecule has 1 amide bonds. The van der Waals surface area contributed by atoms with Crippen LogP contribution in [-0.2, 0) is 4.79 Å². The van der Waals surface area contributed by atoms with Crippen molar-refractivity contribution in [2.24, 2.45) is 0 Å². The first kappa shape index (κ1) is 14.7. The molecule has 0 aromatic rings. The van der Waals surface area contributed by atoms with Gasteiger partial charge in [-0.25, -0.2) is 0 Å². The topological polar surface area (TPSA) is 35.6 Å². The molecular weight excluding hydrogens is 313 g/mol. The number of nitrogens with zero attached hydrogens (tertiary/aromatic N) is 2. The van der Waals surface area contributed by atoms with Crippen molar-refractivity contribution in [1.29, 1.82) is 0 Å². The van der Waals surface area contributed by atoms with Gasteiger partial charge in [-0.1, -0.05) is 0 Å². The van der Waals surface area contributed by atoms with Gasteiger partial charge in [-0.2, -0.15) is 0 Å². The Balaban J connectivity index is 1.59.